The van der Waals surface area contributed by atoms with Gasteiger partial charge in [-0.1, -0.05) is 42.1 Å². The number of hydrogen-bond donors (Lipinski definition) is 2. The fourth-order valence-electron chi connectivity index (χ4n) is 2.68. The number of benzene rings is 1. The van der Waals surface area contributed by atoms with Gasteiger partial charge in [0.05, 0.1) is 5.92 Å². The maximum atomic E-state index is 12.9. The molecule has 2 rings (SSSR count). The maximum absolute atomic E-state index is 12.9. The normalized spacial score (nSPS) is 12.7. The van der Waals surface area contributed by atoms with Crippen LogP contribution < -0.4 is 11.1 Å². The van der Waals surface area contributed by atoms with Gasteiger partial charge >= 0.3 is 0 Å². The van der Waals surface area contributed by atoms with Crippen LogP contribution in [0.25, 0.3) is 0 Å². The smallest absolute Gasteiger partial charge is 0.240 e. The molecule has 0 aliphatic carbocycles. The zero-order valence-corrected chi connectivity index (χ0v) is 17.9. The second-order valence-corrected chi connectivity index (χ2v) is 8.44. The minimum Gasteiger partial charge on any atom is -0.368 e. The molecule has 1 aromatic carbocycles. The Bertz CT molecular complexity index is 803. The van der Waals surface area contributed by atoms with Gasteiger partial charge in [-0.15, -0.1) is 0 Å². The molecule has 29 heavy (non-hydrogen) atoms. The van der Waals surface area contributed by atoms with Crippen LogP contribution in [-0.4, -0.2) is 45.7 Å². The van der Waals surface area contributed by atoms with Crippen molar-refractivity contribution in [1.82, 2.24) is 10.3 Å². The third-order valence-electron chi connectivity index (χ3n) is 4.30. The Morgan fingerprint density at radius 2 is 1.79 bits per heavy atom. The molecule has 6 nitrogen and oxygen atoms in total. The predicted molar refractivity (Wildman–Crippen MR) is 119 cm³/mol. The fourth-order valence-corrected chi connectivity index (χ4v) is 4.08. The Morgan fingerprint density at radius 1 is 1.10 bits per heavy atom. The molecule has 2 amide bonds. The number of nitrogens with two attached hydrogens (primary N) is 1. The van der Waals surface area contributed by atoms with Gasteiger partial charge in [-0.2, -0.15) is 11.8 Å². The molecule has 3 N–H and O–H groups in total. The van der Waals surface area contributed by atoms with Gasteiger partial charge in [-0.3, -0.25) is 19.4 Å². The zero-order chi connectivity index (χ0) is 21.1. The topological polar surface area (TPSA) is 102 Å². The average Bonchev–Trinajstić information content (AvgIpc) is 2.74. The van der Waals surface area contributed by atoms with Crippen molar-refractivity contribution in [3.8, 4) is 0 Å². The number of nitrogens with zero attached hydrogens (tertiary/aromatic N) is 1. The molecular formula is C21H25N3O3S2. The van der Waals surface area contributed by atoms with Crippen molar-refractivity contribution >= 4 is 40.5 Å². The standard InChI is InChI=1S/C21H25N3O3S2/c1-28-12-9-18(19(22)25)24-20(26)17(13-15-5-3-2-4-6-15)14-29-21(27)16-7-10-23-11-8-16/h2-8,10-11,17-18H,9,12-14H2,1H3,(H2,22,25)(H,24,26)/t17?,18-/m0/s1. The molecule has 154 valence electrons. The average molecular weight is 432 g/mol. The number of thioether (sulfide) groups is 2. The molecule has 0 aliphatic rings. The first kappa shape index (κ1) is 23.0. The Kier molecular flexibility index (Phi) is 9.73. The van der Waals surface area contributed by atoms with Crippen LogP contribution in [0.3, 0.4) is 0 Å². The summed E-state index contributed by atoms with van der Waals surface area (Å²) in [6, 6.07) is 12.2. The lowest BCUT2D eigenvalue weighted by Gasteiger charge is -2.20. The zero-order valence-electron chi connectivity index (χ0n) is 16.2. The van der Waals surface area contributed by atoms with Crippen LogP contribution in [0.1, 0.15) is 22.3 Å². The van der Waals surface area contributed by atoms with Crippen LogP contribution in [0, 0.1) is 5.92 Å². The van der Waals surface area contributed by atoms with Gasteiger partial charge < -0.3 is 11.1 Å². The number of primary amides is 1. The number of hydrogen-bond acceptors (Lipinski definition) is 6. The lowest BCUT2D eigenvalue weighted by molar-refractivity contribution is -0.129. The molecule has 1 aromatic heterocycles. The number of amides is 2. The summed E-state index contributed by atoms with van der Waals surface area (Å²) in [7, 11) is 0. The molecule has 0 fully saturated rings. The van der Waals surface area contributed by atoms with E-state index in [9.17, 15) is 14.4 Å². The van der Waals surface area contributed by atoms with Gasteiger partial charge in [0, 0.05) is 23.7 Å². The third kappa shape index (κ3) is 7.91. The van der Waals surface area contributed by atoms with E-state index in [1.807, 2.05) is 36.6 Å². The van der Waals surface area contributed by atoms with E-state index in [4.69, 9.17) is 5.73 Å². The lowest BCUT2D eigenvalue weighted by atomic mass is 9.99. The van der Waals surface area contributed by atoms with Crippen molar-refractivity contribution in [2.45, 2.75) is 18.9 Å². The summed E-state index contributed by atoms with van der Waals surface area (Å²) in [5.41, 5.74) is 6.98. The van der Waals surface area contributed by atoms with Crippen molar-refractivity contribution in [2.24, 2.45) is 11.7 Å². The molecule has 0 bridgehead atoms. The van der Waals surface area contributed by atoms with Gasteiger partial charge in [0.2, 0.25) is 16.9 Å². The molecule has 8 heteroatoms. The summed E-state index contributed by atoms with van der Waals surface area (Å²) in [6.07, 6.45) is 6.00. The first-order valence-electron chi connectivity index (χ1n) is 9.21. The van der Waals surface area contributed by atoms with Gasteiger partial charge in [0.1, 0.15) is 6.04 Å². The van der Waals surface area contributed by atoms with Crippen LogP contribution in [0.2, 0.25) is 0 Å². The van der Waals surface area contributed by atoms with E-state index in [1.54, 1.807) is 36.3 Å². The quantitative estimate of drug-likeness (QED) is 0.567. The molecule has 2 aromatic rings. The van der Waals surface area contributed by atoms with Gasteiger partial charge in [-0.25, -0.2) is 0 Å². The molecular weight excluding hydrogens is 406 g/mol. The van der Waals surface area contributed by atoms with Crippen molar-refractivity contribution in [2.75, 3.05) is 17.8 Å². The minimum absolute atomic E-state index is 0.118. The van der Waals surface area contributed by atoms with Crippen molar-refractivity contribution in [3.63, 3.8) is 0 Å². The van der Waals surface area contributed by atoms with Crippen LogP contribution in [0.4, 0.5) is 0 Å². The van der Waals surface area contributed by atoms with Gasteiger partial charge in [-0.05, 0) is 42.5 Å². The van der Waals surface area contributed by atoms with Crippen molar-refractivity contribution in [1.29, 1.82) is 0 Å². The van der Waals surface area contributed by atoms with E-state index in [0.717, 1.165) is 17.3 Å². The second-order valence-electron chi connectivity index (χ2n) is 6.47. The molecule has 0 saturated carbocycles. The number of carbonyl (C=O) groups excluding carboxylic acids is 3. The van der Waals surface area contributed by atoms with Crippen molar-refractivity contribution < 1.29 is 14.4 Å². The van der Waals surface area contributed by atoms with Crippen LogP contribution in [-0.2, 0) is 16.0 Å². The highest BCUT2D eigenvalue weighted by atomic mass is 32.2. The molecule has 0 radical (unpaired) electrons. The SMILES string of the molecule is CSCC[C@H](NC(=O)C(CSC(=O)c1ccncc1)Cc1ccccc1)C(N)=O. The predicted octanol–water partition coefficient (Wildman–Crippen LogP) is 2.54. The highest BCUT2D eigenvalue weighted by molar-refractivity contribution is 8.14. The molecule has 0 spiro atoms. The van der Waals surface area contributed by atoms with Gasteiger partial charge in [0.15, 0.2) is 0 Å². The molecule has 1 heterocycles. The van der Waals surface area contributed by atoms with E-state index in [-0.39, 0.29) is 11.0 Å². The number of aromatic nitrogens is 1. The van der Waals surface area contributed by atoms with E-state index >= 15 is 0 Å². The fraction of sp³-hybridized carbons (Fsp3) is 0.333. The number of nitrogens with one attached hydrogen (secondary N) is 1. The summed E-state index contributed by atoms with van der Waals surface area (Å²) < 4.78 is 0. The Morgan fingerprint density at radius 3 is 2.41 bits per heavy atom. The molecule has 0 saturated heterocycles. The lowest BCUT2D eigenvalue weighted by Crippen LogP contribution is -2.47. The highest BCUT2D eigenvalue weighted by Gasteiger charge is 2.25. The Labute approximate surface area is 179 Å². The van der Waals surface area contributed by atoms with Crippen molar-refractivity contribution in [3.05, 3.63) is 66.0 Å². The summed E-state index contributed by atoms with van der Waals surface area (Å²) in [5, 5.41) is 2.66. The number of pyridine rings is 1. The molecule has 0 aliphatic heterocycles. The Balaban J connectivity index is 2.08. The van der Waals surface area contributed by atoms with E-state index in [1.165, 1.54) is 0 Å². The minimum atomic E-state index is -0.714. The Hall–Kier alpha value is -2.32. The highest BCUT2D eigenvalue weighted by Crippen LogP contribution is 2.19. The number of carbonyl (C=O) groups is 3. The summed E-state index contributed by atoms with van der Waals surface area (Å²) in [4.78, 5) is 41.0. The third-order valence-corrected chi connectivity index (χ3v) is 6.01. The van der Waals surface area contributed by atoms with E-state index in [2.05, 4.69) is 10.3 Å². The largest absolute Gasteiger partial charge is 0.368 e. The second kappa shape index (κ2) is 12.3. The van der Waals surface area contributed by atoms with Gasteiger partial charge in [0.25, 0.3) is 0 Å². The van der Waals surface area contributed by atoms with Crippen LogP contribution in [0.5, 0.6) is 0 Å². The summed E-state index contributed by atoms with van der Waals surface area (Å²) >= 11 is 2.68. The molecule has 1 unspecified atom stereocenters. The first-order valence-corrected chi connectivity index (χ1v) is 11.6. The van der Waals surface area contributed by atoms with Crippen LogP contribution in [0.15, 0.2) is 54.9 Å². The van der Waals surface area contributed by atoms with E-state index < -0.39 is 17.9 Å². The monoisotopic (exact) mass is 431 g/mol. The summed E-state index contributed by atoms with van der Waals surface area (Å²) in [6.45, 7) is 0. The van der Waals surface area contributed by atoms with Crippen LogP contribution >= 0.6 is 23.5 Å². The number of rotatable bonds is 11. The van der Waals surface area contributed by atoms with E-state index in [0.29, 0.717) is 29.9 Å². The maximum Gasteiger partial charge on any atom is 0.240 e. The molecule has 2 atom stereocenters. The summed E-state index contributed by atoms with van der Waals surface area (Å²) in [5.74, 6) is -0.271. The first-order chi connectivity index (χ1) is 14.0.